The number of para-hydroxylation sites is 1. The van der Waals surface area contributed by atoms with E-state index in [1.54, 1.807) is 42.5 Å². The standard InChI is InChI=1S/C24H22ClFN2O4/c1-2-31-12-13-32-22-9-4-3-8-19(22)24(30)28-17-7-5-6-16(14-17)23(29)27-18-10-11-21(26)20(25)15-18/h3-11,14-15H,2,12-13H2,1H3,(H,27,29)(H,28,30). The first-order chi connectivity index (χ1) is 15.5. The molecule has 32 heavy (non-hydrogen) atoms. The van der Waals surface area contributed by atoms with Crippen LogP contribution >= 0.6 is 11.6 Å². The predicted octanol–water partition coefficient (Wildman–Crippen LogP) is 5.40. The lowest BCUT2D eigenvalue weighted by molar-refractivity contribution is 0.0995. The molecule has 0 unspecified atom stereocenters. The minimum absolute atomic E-state index is 0.0917. The van der Waals surface area contributed by atoms with E-state index in [2.05, 4.69) is 10.6 Å². The van der Waals surface area contributed by atoms with Gasteiger partial charge in [-0.2, -0.15) is 0 Å². The third-order valence-corrected chi connectivity index (χ3v) is 4.67. The second kappa shape index (κ2) is 11.3. The minimum atomic E-state index is -0.573. The van der Waals surface area contributed by atoms with Crippen LogP contribution in [0.25, 0.3) is 0 Å². The van der Waals surface area contributed by atoms with E-state index in [0.717, 1.165) is 0 Å². The van der Waals surface area contributed by atoms with Crippen molar-refractivity contribution in [3.63, 3.8) is 0 Å². The maximum atomic E-state index is 13.3. The lowest BCUT2D eigenvalue weighted by Gasteiger charge is -2.12. The topological polar surface area (TPSA) is 76.7 Å². The minimum Gasteiger partial charge on any atom is -0.490 e. The van der Waals surface area contributed by atoms with Gasteiger partial charge >= 0.3 is 0 Å². The van der Waals surface area contributed by atoms with E-state index < -0.39 is 11.7 Å². The van der Waals surface area contributed by atoms with Gasteiger partial charge in [-0.25, -0.2) is 4.39 Å². The molecule has 3 aromatic rings. The number of amides is 2. The average Bonchev–Trinajstić information content (AvgIpc) is 2.79. The average molecular weight is 457 g/mol. The Labute approximate surface area is 190 Å². The maximum Gasteiger partial charge on any atom is 0.259 e. The van der Waals surface area contributed by atoms with Gasteiger partial charge in [-0.1, -0.05) is 29.8 Å². The zero-order valence-electron chi connectivity index (χ0n) is 17.4. The molecular formula is C24H22ClFN2O4. The first-order valence-electron chi connectivity index (χ1n) is 9.95. The van der Waals surface area contributed by atoms with Gasteiger partial charge < -0.3 is 20.1 Å². The molecule has 3 rings (SSSR count). The first-order valence-corrected chi connectivity index (χ1v) is 10.3. The van der Waals surface area contributed by atoms with Gasteiger partial charge in [0.25, 0.3) is 11.8 Å². The van der Waals surface area contributed by atoms with Gasteiger partial charge in [-0.05, 0) is 55.5 Å². The van der Waals surface area contributed by atoms with Crippen LogP contribution in [0.2, 0.25) is 5.02 Å². The molecule has 0 radical (unpaired) electrons. The monoisotopic (exact) mass is 456 g/mol. The van der Waals surface area contributed by atoms with Crippen LogP contribution in [-0.4, -0.2) is 31.6 Å². The summed E-state index contributed by atoms with van der Waals surface area (Å²) in [7, 11) is 0. The smallest absolute Gasteiger partial charge is 0.259 e. The second-order valence-corrected chi connectivity index (χ2v) is 7.07. The number of ether oxygens (including phenoxy) is 2. The van der Waals surface area contributed by atoms with Crippen LogP contribution in [0.5, 0.6) is 5.75 Å². The molecular weight excluding hydrogens is 435 g/mol. The molecule has 0 spiro atoms. The Balaban J connectivity index is 1.68. The number of carbonyl (C=O) groups excluding carboxylic acids is 2. The summed E-state index contributed by atoms with van der Waals surface area (Å²) in [6, 6.07) is 17.2. The number of hydrogen-bond acceptors (Lipinski definition) is 4. The highest BCUT2D eigenvalue weighted by Gasteiger charge is 2.14. The summed E-state index contributed by atoms with van der Waals surface area (Å²) in [4.78, 5) is 25.3. The Morgan fingerprint density at radius 2 is 1.66 bits per heavy atom. The highest BCUT2D eigenvalue weighted by Crippen LogP contribution is 2.22. The fraction of sp³-hybridized carbons (Fsp3) is 0.167. The van der Waals surface area contributed by atoms with E-state index in [1.807, 2.05) is 6.92 Å². The van der Waals surface area contributed by atoms with E-state index in [4.69, 9.17) is 21.1 Å². The summed E-state index contributed by atoms with van der Waals surface area (Å²) in [5, 5.41) is 5.33. The summed E-state index contributed by atoms with van der Waals surface area (Å²) >= 11 is 5.75. The molecule has 166 valence electrons. The molecule has 0 aliphatic heterocycles. The van der Waals surface area contributed by atoms with E-state index in [-0.39, 0.29) is 10.9 Å². The number of benzene rings is 3. The maximum absolute atomic E-state index is 13.3. The Hall–Kier alpha value is -3.42. The fourth-order valence-electron chi connectivity index (χ4n) is 2.85. The Kier molecular flexibility index (Phi) is 8.19. The van der Waals surface area contributed by atoms with Crippen molar-refractivity contribution in [2.45, 2.75) is 6.92 Å². The van der Waals surface area contributed by atoms with Crippen LogP contribution in [0.3, 0.4) is 0 Å². The highest BCUT2D eigenvalue weighted by molar-refractivity contribution is 6.31. The van der Waals surface area contributed by atoms with Crippen molar-refractivity contribution in [1.29, 1.82) is 0 Å². The van der Waals surface area contributed by atoms with Crippen molar-refractivity contribution in [1.82, 2.24) is 0 Å². The number of halogens is 2. The summed E-state index contributed by atoms with van der Waals surface area (Å²) in [5.41, 5.74) is 1.46. The number of rotatable bonds is 9. The van der Waals surface area contributed by atoms with Crippen LogP contribution in [0.1, 0.15) is 27.6 Å². The van der Waals surface area contributed by atoms with Crippen molar-refractivity contribution >= 4 is 34.8 Å². The molecule has 2 N–H and O–H groups in total. The molecule has 0 aromatic heterocycles. The largest absolute Gasteiger partial charge is 0.490 e. The normalized spacial score (nSPS) is 10.5. The van der Waals surface area contributed by atoms with Crippen molar-refractivity contribution in [3.8, 4) is 5.75 Å². The Morgan fingerprint density at radius 1 is 0.906 bits per heavy atom. The van der Waals surface area contributed by atoms with Crippen LogP contribution in [0.4, 0.5) is 15.8 Å². The third kappa shape index (κ3) is 6.29. The van der Waals surface area contributed by atoms with Gasteiger partial charge in [-0.3, -0.25) is 9.59 Å². The van der Waals surface area contributed by atoms with Gasteiger partial charge in [0.2, 0.25) is 0 Å². The molecule has 3 aromatic carbocycles. The molecule has 0 aliphatic rings. The number of hydrogen-bond donors (Lipinski definition) is 2. The van der Waals surface area contributed by atoms with Crippen LogP contribution in [-0.2, 0) is 4.74 Å². The van der Waals surface area contributed by atoms with Gasteiger partial charge in [0.15, 0.2) is 0 Å². The molecule has 2 amide bonds. The second-order valence-electron chi connectivity index (χ2n) is 6.66. The van der Waals surface area contributed by atoms with E-state index in [0.29, 0.717) is 48.1 Å². The summed E-state index contributed by atoms with van der Waals surface area (Å²) in [5.74, 6) is -0.938. The van der Waals surface area contributed by atoms with Gasteiger partial charge in [-0.15, -0.1) is 0 Å². The zero-order chi connectivity index (χ0) is 22.9. The third-order valence-electron chi connectivity index (χ3n) is 4.38. The molecule has 6 nitrogen and oxygen atoms in total. The van der Waals surface area contributed by atoms with Crippen molar-refractivity contribution in [2.24, 2.45) is 0 Å². The number of anilines is 2. The molecule has 0 heterocycles. The van der Waals surface area contributed by atoms with Crippen molar-refractivity contribution in [2.75, 3.05) is 30.5 Å². The van der Waals surface area contributed by atoms with Crippen molar-refractivity contribution < 1.29 is 23.5 Å². The summed E-state index contributed by atoms with van der Waals surface area (Å²) in [6.07, 6.45) is 0. The van der Waals surface area contributed by atoms with Crippen LogP contribution in [0, 0.1) is 5.82 Å². The molecule has 0 atom stereocenters. The first kappa shape index (κ1) is 23.2. The molecule has 0 fully saturated rings. The van der Waals surface area contributed by atoms with Crippen LogP contribution in [0.15, 0.2) is 66.7 Å². The van der Waals surface area contributed by atoms with Crippen LogP contribution < -0.4 is 15.4 Å². The lowest BCUT2D eigenvalue weighted by Crippen LogP contribution is -2.16. The number of nitrogens with one attached hydrogen (secondary N) is 2. The van der Waals surface area contributed by atoms with Crippen molar-refractivity contribution in [3.05, 3.63) is 88.7 Å². The predicted molar refractivity (Wildman–Crippen MR) is 122 cm³/mol. The molecule has 0 saturated heterocycles. The van der Waals surface area contributed by atoms with Gasteiger partial charge in [0, 0.05) is 23.5 Å². The molecule has 8 heteroatoms. The van der Waals surface area contributed by atoms with E-state index in [9.17, 15) is 14.0 Å². The highest BCUT2D eigenvalue weighted by atomic mass is 35.5. The molecule has 0 saturated carbocycles. The fourth-order valence-corrected chi connectivity index (χ4v) is 3.03. The summed E-state index contributed by atoms with van der Waals surface area (Å²) < 4.78 is 24.2. The Bertz CT molecular complexity index is 1110. The molecule has 0 aliphatic carbocycles. The van der Waals surface area contributed by atoms with E-state index >= 15 is 0 Å². The zero-order valence-corrected chi connectivity index (χ0v) is 18.1. The number of carbonyl (C=O) groups is 2. The quantitative estimate of drug-likeness (QED) is 0.423. The SMILES string of the molecule is CCOCCOc1ccccc1C(=O)Nc1cccc(C(=O)Nc2ccc(F)c(Cl)c2)c1. The lowest BCUT2D eigenvalue weighted by atomic mass is 10.1. The van der Waals surface area contributed by atoms with Gasteiger partial charge in [0.05, 0.1) is 17.2 Å². The van der Waals surface area contributed by atoms with E-state index in [1.165, 1.54) is 24.3 Å². The Morgan fingerprint density at radius 3 is 2.44 bits per heavy atom. The summed E-state index contributed by atoms with van der Waals surface area (Å²) in [6.45, 7) is 3.22. The van der Waals surface area contributed by atoms with Gasteiger partial charge in [0.1, 0.15) is 18.2 Å². The molecule has 0 bridgehead atoms.